The van der Waals surface area contributed by atoms with E-state index in [0.29, 0.717) is 44.4 Å². The Bertz CT molecular complexity index is 531. The van der Waals surface area contributed by atoms with Crippen molar-refractivity contribution < 1.29 is 27.4 Å². The van der Waals surface area contributed by atoms with Crippen LogP contribution >= 0.6 is 24.0 Å². The number of benzene rings is 1. The second-order valence-corrected chi connectivity index (χ2v) is 4.88. The van der Waals surface area contributed by atoms with E-state index >= 15 is 0 Å². The molecule has 0 spiro atoms. The van der Waals surface area contributed by atoms with Crippen molar-refractivity contribution in [1.82, 2.24) is 10.6 Å². The van der Waals surface area contributed by atoms with Gasteiger partial charge in [0.2, 0.25) is 0 Å². The highest BCUT2D eigenvalue weighted by molar-refractivity contribution is 14.0. The molecule has 0 saturated carbocycles. The number of nitrogens with zero attached hydrogens (tertiary/aromatic N) is 1. The minimum Gasteiger partial charge on any atom is -0.405 e. The summed E-state index contributed by atoms with van der Waals surface area (Å²) in [6.07, 6.45) is -4.73. The summed E-state index contributed by atoms with van der Waals surface area (Å²) in [5.41, 5.74) is 0.341. The molecule has 0 aromatic heterocycles. The van der Waals surface area contributed by atoms with Crippen molar-refractivity contribution >= 4 is 29.9 Å². The number of methoxy groups -OCH3 is 1. The van der Waals surface area contributed by atoms with Crippen LogP contribution in [0, 0.1) is 0 Å². The largest absolute Gasteiger partial charge is 0.573 e. The fraction of sp³-hybridized carbons (Fsp3) is 0.562. The molecular weight excluding hydrogens is 466 g/mol. The Morgan fingerprint density at radius 1 is 1.12 bits per heavy atom. The van der Waals surface area contributed by atoms with Gasteiger partial charge in [-0.3, -0.25) is 0 Å². The van der Waals surface area contributed by atoms with Crippen LogP contribution in [-0.2, 0) is 16.0 Å². The molecule has 2 N–H and O–H groups in total. The second-order valence-electron chi connectivity index (χ2n) is 4.88. The topological polar surface area (TPSA) is 64.1 Å². The van der Waals surface area contributed by atoms with E-state index in [2.05, 4.69) is 20.4 Å². The average molecular weight is 491 g/mol. The highest BCUT2D eigenvalue weighted by Crippen LogP contribution is 2.26. The average Bonchev–Trinajstić information content (AvgIpc) is 2.55. The number of hydrogen-bond donors (Lipinski definition) is 2. The second kappa shape index (κ2) is 13.9. The molecule has 1 rings (SSSR count). The first-order chi connectivity index (χ1) is 12.0. The summed E-state index contributed by atoms with van der Waals surface area (Å²) in [6, 6.07) is 5.93. The molecule has 150 valence electrons. The van der Waals surface area contributed by atoms with Crippen LogP contribution in [0.2, 0.25) is 0 Å². The molecule has 10 heteroatoms. The van der Waals surface area contributed by atoms with Crippen LogP contribution < -0.4 is 15.4 Å². The number of para-hydroxylation sites is 1. The molecule has 0 fully saturated rings. The SMILES string of the molecule is CCNC(=NCc1ccccc1OC(F)(F)F)NCCOCCOC.I. The lowest BCUT2D eigenvalue weighted by molar-refractivity contribution is -0.274. The Kier molecular flexibility index (Phi) is 13.2. The molecule has 0 heterocycles. The zero-order valence-corrected chi connectivity index (χ0v) is 17.1. The first kappa shape index (κ1) is 24.7. The summed E-state index contributed by atoms with van der Waals surface area (Å²) in [6.45, 7) is 4.55. The van der Waals surface area contributed by atoms with Crippen LogP contribution in [-0.4, -0.2) is 52.3 Å². The van der Waals surface area contributed by atoms with Crippen LogP contribution in [0.4, 0.5) is 13.2 Å². The normalized spacial score (nSPS) is 11.7. The minimum atomic E-state index is -4.73. The van der Waals surface area contributed by atoms with E-state index in [0.717, 1.165) is 0 Å². The van der Waals surface area contributed by atoms with Crippen molar-refractivity contribution in [3.8, 4) is 5.75 Å². The van der Waals surface area contributed by atoms with E-state index in [1.165, 1.54) is 12.1 Å². The third-order valence-corrected chi connectivity index (χ3v) is 2.92. The van der Waals surface area contributed by atoms with E-state index < -0.39 is 6.36 Å². The smallest absolute Gasteiger partial charge is 0.405 e. The molecular formula is C16H25F3IN3O3. The number of rotatable bonds is 10. The molecule has 0 radical (unpaired) electrons. The number of ether oxygens (including phenoxy) is 3. The van der Waals surface area contributed by atoms with Gasteiger partial charge < -0.3 is 24.8 Å². The van der Waals surface area contributed by atoms with Gasteiger partial charge in [0.15, 0.2) is 5.96 Å². The summed E-state index contributed by atoms with van der Waals surface area (Å²) in [5.74, 6) is 0.233. The van der Waals surface area contributed by atoms with Crippen LogP contribution in [0.5, 0.6) is 5.75 Å². The minimum absolute atomic E-state index is 0. The molecule has 0 bridgehead atoms. The van der Waals surface area contributed by atoms with E-state index in [9.17, 15) is 13.2 Å². The Balaban J connectivity index is 0.00000625. The molecule has 1 aromatic rings. The standard InChI is InChI=1S/C16H24F3N3O3.HI/c1-3-20-15(21-8-9-24-11-10-23-2)22-12-13-6-4-5-7-14(13)25-16(17,18)19;/h4-7H,3,8-12H2,1-2H3,(H2,20,21,22);1H. The third kappa shape index (κ3) is 11.4. The van der Waals surface area contributed by atoms with Crippen molar-refractivity contribution in [2.24, 2.45) is 4.99 Å². The maximum absolute atomic E-state index is 12.4. The maximum atomic E-state index is 12.4. The highest BCUT2D eigenvalue weighted by Gasteiger charge is 2.31. The van der Waals surface area contributed by atoms with Gasteiger partial charge in [0.05, 0.1) is 26.4 Å². The van der Waals surface area contributed by atoms with Gasteiger partial charge in [0.1, 0.15) is 5.75 Å². The first-order valence-electron chi connectivity index (χ1n) is 7.88. The molecule has 1 aromatic carbocycles. The zero-order chi connectivity index (χ0) is 18.5. The highest BCUT2D eigenvalue weighted by atomic mass is 127. The lowest BCUT2D eigenvalue weighted by Gasteiger charge is -2.14. The number of alkyl halides is 3. The lowest BCUT2D eigenvalue weighted by atomic mass is 10.2. The number of aliphatic imine (C=N–C) groups is 1. The van der Waals surface area contributed by atoms with E-state index in [1.54, 1.807) is 19.2 Å². The number of hydrogen-bond acceptors (Lipinski definition) is 4. The van der Waals surface area contributed by atoms with Gasteiger partial charge in [-0.1, -0.05) is 18.2 Å². The van der Waals surface area contributed by atoms with Gasteiger partial charge in [0.25, 0.3) is 0 Å². The number of halogens is 4. The quantitative estimate of drug-likeness (QED) is 0.228. The van der Waals surface area contributed by atoms with Gasteiger partial charge in [-0.25, -0.2) is 4.99 Å². The Labute approximate surface area is 168 Å². The van der Waals surface area contributed by atoms with Gasteiger partial charge in [0, 0.05) is 25.8 Å². The molecule has 0 saturated heterocycles. The van der Waals surface area contributed by atoms with Crippen molar-refractivity contribution in [2.75, 3.05) is 40.0 Å². The molecule has 6 nitrogen and oxygen atoms in total. The van der Waals surface area contributed by atoms with E-state index in [1.807, 2.05) is 6.92 Å². The summed E-state index contributed by atoms with van der Waals surface area (Å²) >= 11 is 0. The van der Waals surface area contributed by atoms with E-state index in [4.69, 9.17) is 9.47 Å². The van der Waals surface area contributed by atoms with Gasteiger partial charge in [-0.05, 0) is 13.0 Å². The lowest BCUT2D eigenvalue weighted by Crippen LogP contribution is -2.39. The molecule has 0 unspecified atom stereocenters. The fourth-order valence-corrected chi connectivity index (χ4v) is 1.85. The Morgan fingerprint density at radius 2 is 1.85 bits per heavy atom. The summed E-state index contributed by atoms with van der Waals surface area (Å²) in [4.78, 5) is 4.28. The monoisotopic (exact) mass is 491 g/mol. The van der Waals surface area contributed by atoms with Crippen LogP contribution in [0.15, 0.2) is 29.3 Å². The molecule has 0 aliphatic heterocycles. The summed E-state index contributed by atoms with van der Waals surface area (Å²) in [5, 5.41) is 6.06. The molecule has 0 aliphatic carbocycles. The van der Waals surface area contributed by atoms with Crippen LogP contribution in [0.1, 0.15) is 12.5 Å². The molecule has 26 heavy (non-hydrogen) atoms. The van der Waals surface area contributed by atoms with Gasteiger partial charge >= 0.3 is 6.36 Å². The molecule has 0 amide bonds. The van der Waals surface area contributed by atoms with Crippen molar-refractivity contribution in [3.63, 3.8) is 0 Å². The van der Waals surface area contributed by atoms with Crippen molar-refractivity contribution in [3.05, 3.63) is 29.8 Å². The summed E-state index contributed by atoms with van der Waals surface area (Å²) < 4.78 is 51.5. The number of nitrogens with one attached hydrogen (secondary N) is 2. The Hall–Kier alpha value is -1.27. The molecule has 0 atom stereocenters. The van der Waals surface area contributed by atoms with Crippen molar-refractivity contribution in [2.45, 2.75) is 19.8 Å². The number of guanidine groups is 1. The zero-order valence-electron chi connectivity index (χ0n) is 14.8. The fourth-order valence-electron chi connectivity index (χ4n) is 1.85. The summed E-state index contributed by atoms with van der Waals surface area (Å²) in [7, 11) is 1.60. The Morgan fingerprint density at radius 3 is 2.50 bits per heavy atom. The first-order valence-corrected chi connectivity index (χ1v) is 7.88. The van der Waals surface area contributed by atoms with E-state index in [-0.39, 0.29) is 36.3 Å². The predicted octanol–water partition coefficient (Wildman–Crippen LogP) is 2.92. The van der Waals surface area contributed by atoms with Crippen molar-refractivity contribution in [1.29, 1.82) is 0 Å². The predicted molar refractivity (Wildman–Crippen MR) is 104 cm³/mol. The molecule has 0 aliphatic rings. The van der Waals surface area contributed by atoms with Crippen LogP contribution in [0.3, 0.4) is 0 Å². The third-order valence-electron chi connectivity index (χ3n) is 2.92. The van der Waals surface area contributed by atoms with Crippen LogP contribution in [0.25, 0.3) is 0 Å². The van der Waals surface area contributed by atoms with Gasteiger partial charge in [-0.2, -0.15) is 0 Å². The van der Waals surface area contributed by atoms with Gasteiger partial charge in [-0.15, -0.1) is 37.1 Å². The maximum Gasteiger partial charge on any atom is 0.573 e.